The first-order valence-electron chi connectivity index (χ1n) is 15.7. The third-order valence-corrected chi connectivity index (χ3v) is 7.39. The molecule has 2 aromatic heterocycles. The van der Waals surface area contributed by atoms with Crippen molar-refractivity contribution in [3.05, 3.63) is 95.2 Å². The molecule has 0 spiro atoms. The monoisotopic (exact) mass is 672 g/mol. The van der Waals surface area contributed by atoms with Gasteiger partial charge in [-0.25, -0.2) is 24.3 Å². The molecule has 0 unspecified atom stereocenters. The maximum atomic E-state index is 14.3. The van der Waals surface area contributed by atoms with Crippen LogP contribution in [0.3, 0.4) is 0 Å². The van der Waals surface area contributed by atoms with Gasteiger partial charge in [-0.05, 0) is 48.9 Å². The molecule has 0 fully saturated rings. The van der Waals surface area contributed by atoms with Crippen LogP contribution in [0.15, 0.2) is 83.9 Å². The van der Waals surface area contributed by atoms with E-state index in [1.165, 1.54) is 18.5 Å². The second kappa shape index (κ2) is 12.4. The van der Waals surface area contributed by atoms with Gasteiger partial charge in [-0.2, -0.15) is 0 Å². The molecule has 226 valence electrons. The number of aryl methyl sites for hydroxylation is 1. The number of aromatic nitrogens is 4. The van der Waals surface area contributed by atoms with Gasteiger partial charge in [0.15, 0.2) is 23.0 Å². The molecule has 4 heterocycles. The first-order valence-corrected chi connectivity index (χ1v) is 14.5. The summed E-state index contributed by atoms with van der Waals surface area (Å²) in [6.45, 7) is -2.57. The largest absolute Gasteiger partial charge is 0.486 e. The normalized spacial score (nSPS) is 16.7. The Morgan fingerprint density at radius 2 is 1.29 bits per heavy atom. The molecule has 45 heavy (non-hydrogen) atoms. The highest BCUT2D eigenvalue weighted by Crippen LogP contribution is 2.38. The summed E-state index contributed by atoms with van der Waals surface area (Å²) in [5.74, 6) is 2.10. The fourth-order valence-corrected chi connectivity index (χ4v) is 5.14. The van der Waals surface area contributed by atoms with E-state index in [0.29, 0.717) is 35.5 Å². The molecule has 0 saturated heterocycles. The van der Waals surface area contributed by atoms with E-state index in [4.69, 9.17) is 24.4 Å². The second-order valence-electron chi connectivity index (χ2n) is 9.88. The predicted molar refractivity (Wildman–Crippen MR) is 173 cm³/mol. The van der Waals surface area contributed by atoms with Crippen molar-refractivity contribution in [1.82, 2.24) is 19.9 Å². The van der Waals surface area contributed by atoms with E-state index in [-0.39, 0.29) is 17.2 Å². The van der Waals surface area contributed by atoms with Crippen LogP contribution in [0.4, 0.5) is 27.4 Å². The number of ether oxygens (including phenoxy) is 4. The van der Waals surface area contributed by atoms with E-state index in [1.807, 2.05) is 36.4 Å². The first kappa shape index (κ1) is 24.1. The highest BCUT2D eigenvalue weighted by Gasteiger charge is 2.17. The third-order valence-electron chi connectivity index (χ3n) is 6.90. The lowest BCUT2D eigenvalue weighted by Gasteiger charge is -2.19. The number of nitrogens with one attached hydrogen (secondary N) is 2. The zero-order valence-corrected chi connectivity index (χ0v) is 25.2. The van der Waals surface area contributed by atoms with Crippen molar-refractivity contribution < 1.29 is 28.8 Å². The Morgan fingerprint density at radius 3 is 1.96 bits per heavy atom. The molecule has 0 aliphatic carbocycles. The molecule has 2 aliphatic heterocycles. The number of nitrogens with zero attached hydrogens (tertiary/aromatic N) is 4. The van der Waals surface area contributed by atoms with Gasteiger partial charge in [0, 0.05) is 33.1 Å². The van der Waals surface area contributed by atoms with Gasteiger partial charge >= 0.3 is 0 Å². The molecule has 0 atom stereocenters. The lowest BCUT2D eigenvalue weighted by atomic mass is 10.1. The number of rotatable bonds is 4. The summed E-state index contributed by atoms with van der Waals surface area (Å²) in [6.07, 6.45) is 2.82. The lowest BCUT2D eigenvalue weighted by Crippen LogP contribution is -2.15. The van der Waals surface area contributed by atoms with Crippen LogP contribution in [-0.2, 0) is 0 Å². The van der Waals surface area contributed by atoms with Gasteiger partial charge in [0.25, 0.3) is 0 Å². The van der Waals surface area contributed by atoms with E-state index < -0.39 is 18.9 Å². The van der Waals surface area contributed by atoms with E-state index in [9.17, 15) is 4.39 Å². The zero-order chi connectivity index (χ0) is 34.3. The fraction of sp³-hybridized carbons (Fsp3) is 0.152. The van der Waals surface area contributed by atoms with Crippen molar-refractivity contribution in [1.29, 1.82) is 0 Å². The highest BCUT2D eigenvalue weighted by atomic mass is 79.9. The summed E-state index contributed by atoms with van der Waals surface area (Å²) in [5, 5.41) is 7.57. The Hall–Kier alpha value is -5.23. The molecule has 2 N–H and O–H groups in total. The minimum atomic E-state index is -2.68. The Labute approximate surface area is 271 Å². The number of hydrogen-bond donors (Lipinski definition) is 2. The maximum absolute atomic E-state index is 14.3. The molecule has 0 saturated carbocycles. The molecule has 12 heteroatoms. The quantitative estimate of drug-likeness (QED) is 0.195. The van der Waals surface area contributed by atoms with Gasteiger partial charge in [-0.3, -0.25) is 0 Å². The van der Waals surface area contributed by atoms with Crippen LogP contribution in [0.1, 0.15) is 11.0 Å². The van der Waals surface area contributed by atoms with Crippen LogP contribution in [0, 0.1) is 12.7 Å². The number of benzene rings is 4. The molecule has 8 rings (SSSR count). The topological polar surface area (TPSA) is 113 Å². The molecule has 2 aliphatic rings. The Kier molecular flexibility index (Phi) is 6.65. The van der Waals surface area contributed by atoms with Crippen molar-refractivity contribution in [2.24, 2.45) is 0 Å². The second-order valence-corrected chi connectivity index (χ2v) is 10.8. The fourth-order valence-electron chi connectivity index (χ4n) is 4.74. The summed E-state index contributed by atoms with van der Waals surface area (Å²) >= 11 is 3.47. The summed E-state index contributed by atoms with van der Waals surface area (Å²) in [7, 11) is 0. The van der Waals surface area contributed by atoms with Gasteiger partial charge in [-0.1, -0.05) is 34.1 Å². The minimum Gasteiger partial charge on any atom is -0.486 e. The van der Waals surface area contributed by atoms with Gasteiger partial charge in [0.1, 0.15) is 56.4 Å². The zero-order valence-electron chi connectivity index (χ0n) is 27.6. The van der Waals surface area contributed by atoms with Crippen molar-refractivity contribution in [2.45, 2.75) is 6.92 Å². The van der Waals surface area contributed by atoms with Crippen LogP contribution in [0.2, 0.25) is 0 Å². The Morgan fingerprint density at radius 1 is 0.711 bits per heavy atom. The minimum absolute atomic E-state index is 0.00480. The van der Waals surface area contributed by atoms with Gasteiger partial charge in [0.2, 0.25) is 0 Å². The Bertz CT molecular complexity index is 2230. The molecule has 4 aromatic carbocycles. The number of halogens is 2. The van der Waals surface area contributed by atoms with Crippen LogP contribution in [-0.4, -0.2) is 46.3 Å². The van der Waals surface area contributed by atoms with Crippen LogP contribution < -0.4 is 29.6 Å². The van der Waals surface area contributed by atoms with Crippen molar-refractivity contribution in [2.75, 3.05) is 37.0 Å². The van der Waals surface area contributed by atoms with E-state index in [0.717, 1.165) is 38.4 Å². The predicted octanol–water partition coefficient (Wildman–Crippen LogP) is 7.50. The van der Waals surface area contributed by atoms with E-state index in [2.05, 4.69) is 46.5 Å². The van der Waals surface area contributed by atoms with Crippen LogP contribution in [0.5, 0.6) is 23.0 Å². The number of hydrogen-bond acceptors (Lipinski definition) is 10. The number of fused-ring (bicyclic) bond motifs is 4. The SMILES string of the molecule is Brc1cccc(Nc2ncnc3cc4c(cc23)OCCO4)c1.[2H]C1([2H])Oc2cc3ncnc(Nc4cccc(C)c4F)c3cc2OC1([2H])[2H]. The lowest BCUT2D eigenvalue weighted by molar-refractivity contribution is 0.172. The molecule has 0 radical (unpaired) electrons. The maximum Gasteiger partial charge on any atom is 0.163 e. The van der Waals surface area contributed by atoms with E-state index in [1.54, 1.807) is 31.5 Å². The summed E-state index contributed by atoms with van der Waals surface area (Å²) in [5.41, 5.74) is 2.88. The molecular formula is C33H26BrFN6O4. The first-order chi connectivity index (χ1) is 23.5. The highest BCUT2D eigenvalue weighted by molar-refractivity contribution is 9.10. The third kappa shape index (κ3) is 6.09. The van der Waals surface area contributed by atoms with Gasteiger partial charge < -0.3 is 29.6 Å². The summed E-state index contributed by atoms with van der Waals surface area (Å²) < 4.78 is 67.6. The molecule has 10 nitrogen and oxygen atoms in total. The number of anilines is 4. The average molecular weight is 674 g/mol. The molecule has 0 amide bonds. The Balaban J connectivity index is 0.000000157. The van der Waals surface area contributed by atoms with Gasteiger partial charge in [0.05, 0.1) is 22.2 Å². The smallest absolute Gasteiger partial charge is 0.163 e. The average Bonchev–Trinajstić information content (AvgIpc) is 3.06. The summed E-state index contributed by atoms with van der Waals surface area (Å²) in [4.78, 5) is 16.9. The van der Waals surface area contributed by atoms with Crippen molar-refractivity contribution >= 4 is 60.7 Å². The van der Waals surface area contributed by atoms with Crippen molar-refractivity contribution in [3.63, 3.8) is 0 Å². The van der Waals surface area contributed by atoms with Crippen LogP contribution >= 0.6 is 15.9 Å². The van der Waals surface area contributed by atoms with Crippen molar-refractivity contribution in [3.8, 4) is 23.0 Å². The molecule has 6 aromatic rings. The molecule has 0 bridgehead atoms. The van der Waals surface area contributed by atoms with E-state index >= 15 is 0 Å². The molecular weight excluding hydrogens is 643 g/mol. The standard InChI is InChI=1S/C17H14FN3O2.C16H12BrN3O2/c1-10-3-2-4-12(16(10)18)21-17-11-7-14-15(23-6-5-22-14)8-13(11)19-9-20-17;17-10-2-1-3-11(6-10)20-16-12-7-14-15(22-5-4-21-14)8-13(12)18-9-19-16/h2-4,7-9H,5-6H2,1H3,(H,19,20,21);1-3,6-9H,4-5H2,(H,18,19,20)/i5D2,6D2;. The van der Waals surface area contributed by atoms with Gasteiger partial charge in [-0.15, -0.1) is 0 Å². The van der Waals surface area contributed by atoms with Crippen LogP contribution in [0.25, 0.3) is 21.8 Å². The summed E-state index contributed by atoms with van der Waals surface area (Å²) in [6, 6.07) is 19.5.